The van der Waals surface area contributed by atoms with Gasteiger partial charge in [-0.2, -0.15) is 0 Å². The molecule has 0 bridgehead atoms. The van der Waals surface area contributed by atoms with Crippen LogP contribution in [-0.2, 0) is 5.41 Å². The molecule has 0 radical (unpaired) electrons. The molecule has 0 fully saturated rings. The predicted octanol–water partition coefficient (Wildman–Crippen LogP) is 6.90. The van der Waals surface area contributed by atoms with Crippen LogP contribution in [0, 0.1) is 0 Å². The number of benzene rings is 3. The molecule has 1 nitrogen and oxygen atoms in total. The fourth-order valence-electron chi connectivity index (χ4n) is 4.02. The zero-order valence-corrected chi connectivity index (χ0v) is 19.9. The van der Waals surface area contributed by atoms with Crippen molar-refractivity contribution < 1.29 is 0 Å². The number of aromatic nitrogens is 1. The molecule has 1 heterocycles. The maximum atomic E-state index is 5.08. The van der Waals surface area contributed by atoms with Crippen molar-refractivity contribution in [1.82, 2.24) is 4.98 Å². The molecule has 1 aromatic heterocycles. The maximum absolute atomic E-state index is 5.08. The van der Waals surface area contributed by atoms with Crippen LogP contribution in [0.3, 0.4) is 0 Å². The Hall–Kier alpha value is -2.13. The Labute approximate surface area is 171 Å². The quantitative estimate of drug-likeness (QED) is 0.317. The molecule has 0 amide bonds. The van der Waals surface area contributed by atoms with Gasteiger partial charge in [0, 0.05) is 0 Å². The van der Waals surface area contributed by atoms with Crippen LogP contribution >= 0.6 is 0 Å². The van der Waals surface area contributed by atoms with E-state index in [0.29, 0.717) is 0 Å². The van der Waals surface area contributed by atoms with E-state index in [4.69, 9.17) is 4.98 Å². The molecule has 4 rings (SSSR count). The molecule has 0 saturated carbocycles. The molecule has 0 atom stereocenters. The van der Waals surface area contributed by atoms with Crippen molar-refractivity contribution in [2.75, 3.05) is 0 Å². The first-order valence-corrected chi connectivity index (χ1v) is 17.4. The van der Waals surface area contributed by atoms with E-state index in [1.165, 1.54) is 31.7 Å². The average molecular weight is 428 g/mol. The molecule has 0 aliphatic heterocycles. The summed E-state index contributed by atoms with van der Waals surface area (Å²) in [6.45, 7) is 6.88. The van der Waals surface area contributed by atoms with Crippen LogP contribution in [0.25, 0.3) is 32.9 Å². The zero-order chi connectivity index (χ0) is 20.1. The Balaban J connectivity index is 2.05. The first-order chi connectivity index (χ1) is 13.1. The average Bonchev–Trinajstić information content (AvgIpc) is 2.64. The van der Waals surface area contributed by atoms with Crippen molar-refractivity contribution in [3.63, 3.8) is 0 Å². The van der Waals surface area contributed by atoms with E-state index < -0.39 is 13.3 Å². The van der Waals surface area contributed by atoms with Crippen LogP contribution in [-0.4, -0.2) is 18.3 Å². The summed E-state index contributed by atoms with van der Waals surface area (Å²) in [7, 11) is 0. The molecule has 28 heavy (non-hydrogen) atoms. The van der Waals surface area contributed by atoms with Gasteiger partial charge in [-0.05, 0) is 0 Å². The van der Waals surface area contributed by atoms with Gasteiger partial charge in [0.2, 0.25) is 0 Å². The number of rotatable bonds is 2. The fourth-order valence-corrected chi connectivity index (χ4v) is 7.36. The summed E-state index contributed by atoms with van der Waals surface area (Å²) in [6.07, 6.45) is 0. The van der Waals surface area contributed by atoms with E-state index in [9.17, 15) is 0 Å². The third kappa shape index (κ3) is 3.48. The summed E-state index contributed by atoms with van der Waals surface area (Å²) >= 11 is -2.05. The van der Waals surface area contributed by atoms with Crippen LogP contribution in [0.15, 0.2) is 66.7 Å². The molecule has 0 aliphatic rings. The van der Waals surface area contributed by atoms with Gasteiger partial charge in [-0.15, -0.1) is 0 Å². The van der Waals surface area contributed by atoms with Crippen molar-refractivity contribution in [2.24, 2.45) is 0 Å². The van der Waals surface area contributed by atoms with Gasteiger partial charge in [0.15, 0.2) is 0 Å². The van der Waals surface area contributed by atoms with Gasteiger partial charge in [-0.25, -0.2) is 0 Å². The molecule has 0 unspecified atom stereocenters. The topological polar surface area (TPSA) is 12.9 Å². The summed E-state index contributed by atoms with van der Waals surface area (Å²) < 4.78 is 1.53. The van der Waals surface area contributed by atoms with Gasteiger partial charge in [-0.3, -0.25) is 0 Å². The van der Waals surface area contributed by atoms with E-state index in [2.05, 4.69) is 105 Å². The molecule has 4 aromatic rings. The van der Waals surface area contributed by atoms with Crippen LogP contribution < -0.4 is 4.40 Å². The van der Waals surface area contributed by atoms with Crippen LogP contribution in [0.5, 0.6) is 0 Å². The summed E-state index contributed by atoms with van der Waals surface area (Å²) in [5.41, 5.74) is 4.90. The molecule has 0 aliphatic carbocycles. The second kappa shape index (κ2) is 6.74. The minimum absolute atomic E-state index is 0.0805. The van der Waals surface area contributed by atoms with Gasteiger partial charge in [0.25, 0.3) is 0 Å². The van der Waals surface area contributed by atoms with Crippen LogP contribution in [0.4, 0.5) is 0 Å². The van der Waals surface area contributed by atoms with Gasteiger partial charge < -0.3 is 0 Å². The molecule has 2 heteroatoms. The second-order valence-electron chi connectivity index (χ2n) is 9.82. The third-order valence-electron chi connectivity index (χ3n) is 5.49. The van der Waals surface area contributed by atoms with Crippen molar-refractivity contribution in [3.8, 4) is 11.3 Å². The summed E-state index contributed by atoms with van der Waals surface area (Å²) in [5, 5.41) is 3.96. The number of hydrogen-bond acceptors (Lipinski definition) is 1. The van der Waals surface area contributed by atoms with Crippen molar-refractivity contribution in [3.05, 3.63) is 72.3 Å². The predicted molar refractivity (Wildman–Crippen MR) is 126 cm³/mol. The summed E-state index contributed by atoms with van der Waals surface area (Å²) in [4.78, 5) is 5.08. The number of fused-ring (bicyclic) bond motifs is 2. The molecule has 3 aromatic carbocycles. The molecular weight excluding hydrogens is 399 g/mol. The standard InChI is InChI=1S/C26H29GeN/c1-26(2,3)22-16-19(15-18-11-7-8-12-20(18)22)25-17-23(27(4,5)6)21-13-9-10-14-24(21)28-25/h7-17H,1-6H3. The SMILES string of the molecule is CC(C)(C)c1cc(-c2c[c]([Ge]([CH3])([CH3])[CH3])c3ccccc3n2)cc2ccccc12. The number of hydrogen-bond donors (Lipinski definition) is 0. The van der Waals surface area contributed by atoms with Gasteiger partial charge in [0.05, 0.1) is 0 Å². The molecule has 0 saturated heterocycles. The van der Waals surface area contributed by atoms with Crippen molar-refractivity contribution in [1.29, 1.82) is 0 Å². The van der Waals surface area contributed by atoms with Crippen molar-refractivity contribution >= 4 is 39.3 Å². The van der Waals surface area contributed by atoms with Gasteiger partial charge in [-0.1, -0.05) is 0 Å². The summed E-state index contributed by atoms with van der Waals surface area (Å²) in [5.74, 6) is 7.39. The van der Waals surface area contributed by atoms with E-state index in [1.54, 1.807) is 0 Å². The second-order valence-corrected chi connectivity index (χ2v) is 20.4. The van der Waals surface area contributed by atoms with E-state index in [0.717, 1.165) is 11.2 Å². The normalized spacial score (nSPS) is 12.6. The first-order valence-electron chi connectivity index (χ1n) is 10.1. The van der Waals surface area contributed by atoms with Crippen LogP contribution in [0.2, 0.25) is 17.3 Å². The van der Waals surface area contributed by atoms with E-state index >= 15 is 0 Å². The first kappa shape index (κ1) is 19.2. The third-order valence-corrected chi connectivity index (χ3v) is 9.75. The fraction of sp³-hybridized carbons (Fsp3) is 0.269. The van der Waals surface area contributed by atoms with Gasteiger partial charge in [0.1, 0.15) is 0 Å². The minimum atomic E-state index is -2.05. The number of nitrogens with zero attached hydrogens (tertiary/aromatic N) is 1. The Bertz CT molecular complexity index is 1080. The Morgan fingerprint density at radius 3 is 2.07 bits per heavy atom. The Kier molecular flexibility index (Phi) is 4.62. The number of pyridine rings is 1. The van der Waals surface area contributed by atoms with Gasteiger partial charge >= 0.3 is 171 Å². The Morgan fingerprint density at radius 1 is 0.750 bits per heavy atom. The van der Waals surface area contributed by atoms with E-state index in [-0.39, 0.29) is 5.41 Å². The molecule has 142 valence electrons. The number of para-hydroxylation sites is 1. The zero-order valence-electron chi connectivity index (χ0n) is 17.8. The molecular formula is C26H29GeN. The summed E-state index contributed by atoms with van der Waals surface area (Å²) in [6, 6.07) is 24.4. The molecule has 0 N–H and O–H groups in total. The van der Waals surface area contributed by atoms with Crippen LogP contribution in [0.1, 0.15) is 26.3 Å². The monoisotopic (exact) mass is 429 g/mol. The Morgan fingerprint density at radius 2 is 1.39 bits per heavy atom. The van der Waals surface area contributed by atoms with Crippen molar-refractivity contribution in [2.45, 2.75) is 43.5 Å². The molecule has 0 spiro atoms. The van der Waals surface area contributed by atoms with E-state index in [1.807, 2.05) is 0 Å².